The monoisotopic (exact) mass is 270 g/mol. The van der Waals surface area contributed by atoms with Crippen LogP contribution < -0.4 is 0 Å². The lowest BCUT2D eigenvalue weighted by atomic mass is 11.8. The maximum absolute atomic E-state index is 10.8. The summed E-state index contributed by atoms with van der Waals surface area (Å²) >= 11 is 0. The molecule has 14 heavy (non-hydrogen) atoms. The molecule has 0 aliphatic rings. The summed E-state index contributed by atoms with van der Waals surface area (Å²) in [5.74, 6) is -1.39. The largest absolute Gasteiger partial charge is 0.476 e. The molecule has 0 rings (SSSR count). The van der Waals surface area contributed by atoms with E-state index in [1.807, 2.05) is 0 Å². The highest BCUT2D eigenvalue weighted by Crippen LogP contribution is 2.64. The summed E-state index contributed by atoms with van der Waals surface area (Å²) in [5.41, 5.74) is 0. The molecule has 0 spiro atoms. The molecule has 2 unspecified atom stereocenters. The molecule has 9 nitrogen and oxygen atoms in total. The lowest BCUT2D eigenvalue weighted by Gasteiger charge is -2.14. The Bertz CT molecular complexity index is 327. The number of hydrogen-bond donors (Lipinski definition) is 4. The summed E-state index contributed by atoms with van der Waals surface area (Å²) < 4.78 is 39.1. The van der Waals surface area contributed by atoms with Gasteiger partial charge < -0.3 is 24.1 Å². The van der Waals surface area contributed by atoms with Gasteiger partial charge in [0.2, 0.25) is 0 Å². The molecule has 0 aromatic carbocycles. The highest BCUT2D eigenvalue weighted by atomic mass is 31.3. The lowest BCUT2D eigenvalue weighted by Crippen LogP contribution is -1.96. The van der Waals surface area contributed by atoms with Crippen LogP contribution in [0.25, 0.3) is 0 Å². The van der Waals surface area contributed by atoms with E-state index in [1.54, 1.807) is 0 Å². The SMILES string of the molecule is COP(=O)(O)CP(=O)(O)OP(=O)(O)O. The van der Waals surface area contributed by atoms with Crippen molar-refractivity contribution in [3.63, 3.8) is 0 Å². The number of hydrogen-bond acceptors (Lipinski definition) is 5. The highest BCUT2D eigenvalue weighted by Gasteiger charge is 2.38. The Labute approximate surface area is 79.0 Å². The van der Waals surface area contributed by atoms with Crippen molar-refractivity contribution >= 4 is 23.0 Å². The molecule has 0 amide bonds. The molecule has 12 heteroatoms. The van der Waals surface area contributed by atoms with Crippen molar-refractivity contribution in [1.29, 1.82) is 0 Å². The molecular formula is C2H9O9P3. The van der Waals surface area contributed by atoms with E-state index in [4.69, 9.17) is 19.6 Å². The van der Waals surface area contributed by atoms with Gasteiger partial charge in [-0.3, -0.25) is 9.13 Å². The maximum Gasteiger partial charge on any atom is 0.476 e. The summed E-state index contributed by atoms with van der Waals surface area (Å²) in [6.45, 7) is 0. The van der Waals surface area contributed by atoms with Gasteiger partial charge in [0, 0.05) is 7.11 Å². The Morgan fingerprint density at radius 2 is 1.43 bits per heavy atom. The van der Waals surface area contributed by atoms with Gasteiger partial charge in [-0.25, -0.2) is 8.88 Å². The maximum atomic E-state index is 10.8. The normalized spacial score (nSPS) is 21.2. The average Bonchev–Trinajstić information content (AvgIpc) is 1.78. The molecule has 0 bridgehead atoms. The molecule has 0 aromatic rings. The van der Waals surface area contributed by atoms with Crippen molar-refractivity contribution in [3.05, 3.63) is 0 Å². The van der Waals surface area contributed by atoms with Crippen molar-refractivity contribution < 1.29 is 42.1 Å². The summed E-state index contributed by atoms with van der Waals surface area (Å²) in [4.78, 5) is 33.8. The number of rotatable bonds is 5. The van der Waals surface area contributed by atoms with Crippen LogP contribution in [0, 0.1) is 0 Å². The minimum Gasteiger partial charge on any atom is -0.324 e. The van der Waals surface area contributed by atoms with Crippen molar-refractivity contribution in [2.75, 3.05) is 13.0 Å². The molecule has 0 radical (unpaired) electrons. The molecule has 0 heterocycles. The van der Waals surface area contributed by atoms with Gasteiger partial charge in [0.05, 0.1) is 0 Å². The van der Waals surface area contributed by atoms with Crippen LogP contribution in [0.3, 0.4) is 0 Å². The van der Waals surface area contributed by atoms with Crippen LogP contribution in [0.1, 0.15) is 0 Å². The summed E-state index contributed by atoms with van der Waals surface area (Å²) in [6, 6.07) is 0. The second-order valence-corrected chi connectivity index (χ2v) is 7.85. The molecule has 0 saturated carbocycles. The molecule has 4 N–H and O–H groups in total. The van der Waals surface area contributed by atoms with Crippen LogP contribution in [0.4, 0.5) is 0 Å². The molecule has 0 saturated heterocycles. The molecule has 86 valence electrons. The first-order chi connectivity index (χ1) is 5.97. The van der Waals surface area contributed by atoms with E-state index >= 15 is 0 Å². The first kappa shape index (κ1) is 14.5. The minimum atomic E-state index is -5.18. The molecule has 0 aliphatic carbocycles. The van der Waals surface area contributed by atoms with Crippen molar-refractivity contribution in [1.82, 2.24) is 0 Å². The predicted octanol–water partition coefficient (Wildman–Crippen LogP) is 0.0704. The van der Waals surface area contributed by atoms with E-state index in [9.17, 15) is 13.7 Å². The molecule has 0 aliphatic heterocycles. The zero-order chi connectivity index (χ0) is 11.6. The molecule has 0 aromatic heterocycles. The highest BCUT2D eigenvalue weighted by molar-refractivity contribution is 7.73. The Kier molecular flexibility index (Phi) is 4.68. The first-order valence-corrected chi connectivity index (χ1v) is 7.99. The number of phosphoric acid groups is 1. The summed E-state index contributed by atoms with van der Waals surface area (Å²) in [7, 11) is -13.6. The van der Waals surface area contributed by atoms with Crippen LogP contribution in [-0.2, 0) is 22.5 Å². The topological polar surface area (TPSA) is 151 Å². The second kappa shape index (κ2) is 4.53. The van der Waals surface area contributed by atoms with Gasteiger partial charge in [-0.2, -0.15) is 0 Å². The fourth-order valence-electron chi connectivity index (χ4n) is 0.476. The van der Waals surface area contributed by atoms with Gasteiger partial charge in [0.1, 0.15) is 0 Å². The summed E-state index contributed by atoms with van der Waals surface area (Å²) in [6.07, 6.45) is 0. The van der Waals surface area contributed by atoms with Crippen LogP contribution in [0.15, 0.2) is 0 Å². The Morgan fingerprint density at radius 3 is 1.71 bits per heavy atom. The first-order valence-electron chi connectivity index (χ1n) is 2.94. The minimum absolute atomic E-state index is 0.804. The third-order valence-electron chi connectivity index (χ3n) is 0.877. The van der Waals surface area contributed by atoms with Crippen molar-refractivity contribution in [3.8, 4) is 0 Å². The smallest absolute Gasteiger partial charge is 0.324 e. The lowest BCUT2D eigenvalue weighted by molar-refractivity contribution is 0.263. The fraction of sp³-hybridized carbons (Fsp3) is 1.00. The summed E-state index contributed by atoms with van der Waals surface area (Å²) in [5, 5.41) is 0. The quantitative estimate of drug-likeness (QED) is 0.508. The van der Waals surface area contributed by atoms with E-state index in [0.29, 0.717) is 0 Å². The van der Waals surface area contributed by atoms with Crippen LogP contribution in [0.2, 0.25) is 0 Å². The van der Waals surface area contributed by atoms with Gasteiger partial charge in [0.25, 0.3) is 0 Å². The van der Waals surface area contributed by atoms with Gasteiger partial charge in [-0.15, -0.1) is 0 Å². The van der Waals surface area contributed by atoms with Gasteiger partial charge in [0.15, 0.2) is 5.90 Å². The van der Waals surface area contributed by atoms with Crippen LogP contribution in [-0.4, -0.2) is 32.6 Å². The molecule has 0 fully saturated rings. The zero-order valence-electron chi connectivity index (χ0n) is 6.88. The van der Waals surface area contributed by atoms with E-state index in [0.717, 1.165) is 7.11 Å². The Morgan fingerprint density at radius 1 is 1.00 bits per heavy atom. The van der Waals surface area contributed by atoms with Crippen molar-refractivity contribution in [2.45, 2.75) is 0 Å². The molecular weight excluding hydrogens is 261 g/mol. The fourth-order valence-corrected chi connectivity index (χ4v) is 4.75. The van der Waals surface area contributed by atoms with E-state index in [1.165, 1.54) is 0 Å². The molecule has 2 atom stereocenters. The van der Waals surface area contributed by atoms with Gasteiger partial charge >= 0.3 is 23.0 Å². The van der Waals surface area contributed by atoms with Gasteiger partial charge in [-0.05, 0) is 0 Å². The average molecular weight is 270 g/mol. The third-order valence-corrected chi connectivity index (χ3v) is 6.18. The van der Waals surface area contributed by atoms with Crippen LogP contribution >= 0.6 is 23.0 Å². The third kappa shape index (κ3) is 6.84. The zero-order valence-corrected chi connectivity index (χ0v) is 9.56. The predicted molar refractivity (Wildman–Crippen MR) is 44.7 cm³/mol. The van der Waals surface area contributed by atoms with Crippen molar-refractivity contribution in [2.24, 2.45) is 0 Å². The Balaban J connectivity index is 4.60. The van der Waals surface area contributed by atoms with Crippen LogP contribution in [0.5, 0.6) is 0 Å². The van der Waals surface area contributed by atoms with E-state index in [2.05, 4.69) is 8.83 Å². The Hall–Kier alpha value is 0.450. The second-order valence-electron chi connectivity index (χ2n) is 2.17. The van der Waals surface area contributed by atoms with E-state index < -0.39 is 28.9 Å². The van der Waals surface area contributed by atoms with E-state index in [-0.39, 0.29) is 0 Å². The standard InChI is InChI=1S/C2H9O9P3/c1-10-12(3,4)2-13(5,6)11-14(7,8)9/h2H2,1H3,(H,3,4)(H,5,6)(H2,7,8,9). The van der Waals surface area contributed by atoms with Gasteiger partial charge in [-0.1, -0.05) is 0 Å².